The van der Waals surface area contributed by atoms with Crippen LogP contribution in [-0.4, -0.2) is 35.9 Å². The van der Waals surface area contributed by atoms with Crippen molar-refractivity contribution in [3.8, 4) is 18.1 Å². The molecule has 172 valence electrons. The van der Waals surface area contributed by atoms with E-state index in [0.717, 1.165) is 16.5 Å². The molecule has 1 atom stereocenters. The SMILES string of the molecule is C#CCCN(C(=O)c1oc2ccccc2c1C)[C@@](C)(CC)C(=O)NCc1ccccc1OC. The zero-order chi connectivity index (χ0) is 24.0. The minimum Gasteiger partial charge on any atom is -0.496 e. The van der Waals surface area contributed by atoms with Crippen LogP contribution in [0, 0.1) is 19.3 Å². The van der Waals surface area contributed by atoms with Crippen LogP contribution in [0.5, 0.6) is 5.75 Å². The fraction of sp³-hybridized carbons (Fsp3) is 0.333. The Hall–Kier alpha value is -3.72. The number of benzene rings is 2. The third-order valence-electron chi connectivity index (χ3n) is 6.17. The number of ether oxygens (including phenoxy) is 1. The van der Waals surface area contributed by atoms with Crippen molar-refractivity contribution in [2.75, 3.05) is 13.7 Å². The highest BCUT2D eigenvalue weighted by Crippen LogP contribution is 2.30. The van der Waals surface area contributed by atoms with Gasteiger partial charge < -0.3 is 19.4 Å². The number of nitrogens with zero attached hydrogens (tertiary/aromatic N) is 1. The van der Waals surface area contributed by atoms with Crippen LogP contribution in [0.3, 0.4) is 0 Å². The molecule has 3 aromatic rings. The number of methoxy groups -OCH3 is 1. The second-order valence-electron chi connectivity index (χ2n) is 8.09. The molecule has 0 aliphatic carbocycles. The molecule has 0 bridgehead atoms. The fourth-order valence-electron chi connectivity index (χ4n) is 3.94. The maximum atomic E-state index is 13.7. The van der Waals surface area contributed by atoms with Gasteiger partial charge in [-0.2, -0.15) is 0 Å². The number of carbonyl (C=O) groups is 2. The van der Waals surface area contributed by atoms with Gasteiger partial charge >= 0.3 is 0 Å². The molecule has 1 heterocycles. The van der Waals surface area contributed by atoms with Crippen LogP contribution in [0.25, 0.3) is 11.0 Å². The van der Waals surface area contributed by atoms with Gasteiger partial charge in [0.25, 0.3) is 5.91 Å². The zero-order valence-corrected chi connectivity index (χ0v) is 19.6. The van der Waals surface area contributed by atoms with Crippen molar-refractivity contribution in [2.45, 2.75) is 45.7 Å². The summed E-state index contributed by atoms with van der Waals surface area (Å²) < 4.78 is 11.3. The van der Waals surface area contributed by atoms with Crippen molar-refractivity contribution >= 4 is 22.8 Å². The largest absolute Gasteiger partial charge is 0.496 e. The number of aryl methyl sites for hydroxylation is 1. The molecule has 0 spiro atoms. The Morgan fingerprint density at radius 3 is 2.55 bits per heavy atom. The van der Waals surface area contributed by atoms with E-state index in [1.807, 2.05) is 62.4 Å². The van der Waals surface area contributed by atoms with E-state index >= 15 is 0 Å². The van der Waals surface area contributed by atoms with Gasteiger partial charge in [0, 0.05) is 36.0 Å². The number of nitrogens with one attached hydrogen (secondary N) is 1. The minimum atomic E-state index is -1.12. The van der Waals surface area contributed by atoms with E-state index in [-0.39, 0.29) is 30.7 Å². The normalized spacial score (nSPS) is 12.6. The highest BCUT2D eigenvalue weighted by molar-refractivity contribution is 6.02. The maximum Gasteiger partial charge on any atom is 0.290 e. The molecule has 0 aliphatic heterocycles. The van der Waals surface area contributed by atoms with E-state index in [4.69, 9.17) is 15.6 Å². The first-order valence-corrected chi connectivity index (χ1v) is 11.0. The number of carbonyl (C=O) groups excluding carboxylic acids is 2. The van der Waals surface area contributed by atoms with Crippen molar-refractivity contribution in [1.82, 2.24) is 10.2 Å². The van der Waals surface area contributed by atoms with Crippen molar-refractivity contribution in [3.05, 3.63) is 65.4 Å². The number of furan rings is 1. The van der Waals surface area contributed by atoms with Gasteiger partial charge in [-0.15, -0.1) is 12.3 Å². The van der Waals surface area contributed by atoms with E-state index in [9.17, 15) is 9.59 Å². The number of terminal acetylenes is 1. The Bertz CT molecular complexity index is 1190. The van der Waals surface area contributed by atoms with E-state index in [1.54, 1.807) is 14.0 Å². The summed E-state index contributed by atoms with van der Waals surface area (Å²) >= 11 is 0. The summed E-state index contributed by atoms with van der Waals surface area (Å²) in [5.74, 6) is 2.88. The molecule has 1 aromatic heterocycles. The van der Waals surface area contributed by atoms with Crippen molar-refractivity contribution in [2.24, 2.45) is 0 Å². The molecule has 0 saturated carbocycles. The molecule has 2 amide bonds. The predicted octanol–water partition coefficient (Wildman–Crippen LogP) is 4.70. The smallest absolute Gasteiger partial charge is 0.290 e. The highest BCUT2D eigenvalue weighted by atomic mass is 16.5. The minimum absolute atomic E-state index is 0.227. The Labute approximate surface area is 194 Å². The van der Waals surface area contributed by atoms with Gasteiger partial charge in [0.1, 0.15) is 16.9 Å². The van der Waals surface area contributed by atoms with Crippen LogP contribution in [0.2, 0.25) is 0 Å². The van der Waals surface area contributed by atoms with Crippen molar-refractivity contribution in [1.29, 1.82) is 0 Å². The molecule has 33 heavy (non-hydrogen) atoms. The molecule has 0 unspecified atom stereocenters. The first kappa shape index (κ1) is 23.9. The number of hydrogen-bond donors (Lipinski definition) is 1. The van der Waals surface area contributed by atoms with Gasteiger partial charge in [-0.05, 0) is 32.4 Å². The zero-order valence-electron chi connectivity index (χ0n) is 19.6. The Morgan fingerprint density at radius 2 is 1.88 bits per heavy atom. The second kappa shape index (κ2) is 10.3. The van der Waals surface area contributed by atoms with Crippen LogP contribution in [0.4, 0.5) is 0 Å². The molecule has 0 radical (unpaired) electrons. The van der Waals surface area contributed by atoms with E-state index in [1.165, 1.54) is 4.90 Å². The molecular formula is C27H30N2O4. The second-order valence-corrected chi connectivity index (χ2v) is 8.09. The Balaban J connectivity index is 1.92. The van der Waals surface area contributed by atoms with E-state index < -0.39 is 5.54 Å². The Kier molecular flexibility index (Phi) is 7.44. The first-order valence-electron chi connectivity index (χ1n) is 11.0. The van der Waals surface area contributed by atoms with Crippen LogP contribution < -0.4 is 10.1 Å². The molecule has 3 rings (SSSR count). The van der Waals surface area contributed by atoms with Crippen LogP contribution in [0.15, 0.2) is 52.9 Å². The molecule has 0 saturated heterocycles. The summed E-state index contributed by atoms with van der Waals surface area (Å²) in [6.07, 6.45) is 6.23. The van der Waals surface area contributed by atoms with Gasteiger partial charge in [-0.1, -0.05) is 43.3 Å². The summed E-state index contributed by atoms with van der Waals surface area (Å²) in [6.45, 7) is 6.00. The molecule has 1 N–H and O–H groups in total. The molecular weight excluding hydrogens is 416 g/mol. The molecule has 6 nitrogen and oxygen atoms in total. The lowest BCUT2D eigenvalue weighted by atomic mass is 9.93. The predicted molar refractivity (Wildman–Crippen MR) is 129 cm³/mol. The fourth-order valence-corrected chi connectivity index (χ4v) is 3.94. The number of fused-ring (bicyclic) bond motifs is 1. The summed E-state index contributed by atoms with van der Waals surface area (Å²) in [7, 11) is 1.59. The summed E-state index contributed by atoms with van der Waals surface area (Å²) in [5, 5.41) is 3.85. The lowest BCUT2D eigenvalue weighted by Crippen LogP contribution is -2.58. The van der Waals surface area contributed by atoms with Gasteiger partial charge in [-0.25, -0.2) is 0 Å². The standard InChI is InChI=1S/C27H30N2O4/c1-6-8-17-29(25(30)24-19(3)21-14-10-12-16-23(21)33-24)27(4,7-2)26(31)28-18-20-13-9-11-15-22(20)32-5/h1,9-16H,7-8,17-18H2,2-5H3,(H,28,31)/t27-/m0/s1. The summed E-state index contributed by atoms with van der Waals surface area (Å²) in [6, 6.07) is 15.0. The average molecular weight is 447 g/mol. The Morgan fingerprint density at radius 1 is 1.18 bits per heavy atom. The van der Waals surface area contributed by atoms with E-state index in [0.29, 0.717) is 24.2 Å². The number of rotatable bonds is 9. The van der Waals surface area contributed by atoms with Gasteiger partial charge in [0.15, 0.2) is 5.76 Å². The molecule has 2 aromatic carbocycles. The lowest BCUT2D eigenvalue weighted by Gasteiger charge is -2.39. The van der Waals surface area contributed by atoms with Crippen LogP contribution in [0.1, 0.15) is 48.4 Å². The van der Waals surface area contributed by atoms with E-state index in [2.05, 4.69) is 11.2 Å². The lowest BCUT2D eigenvalue weighted by molar-refractivity contribution is -0.131. The number of para-hydroxylation sites is 2. The van der Waals surface area contributed by atoms with Gasteiger partial charge in [-0.3, -0.25) is 9.59 Å². The van der Waals surface area contributed by atoms with Crippen molar-refractivity contribution in [3.63, 3.8) is 0 Å². The topological polar surface area (TPSA) is 71.8 Å². The molecule has 6 heteroatoms. The molecule has 0 aliphatic rings. The maximum absolute atomic E-state index is 13.7. The van der Waals surface area contributed by atoms with Crippen molar-refractivity contribution < 1.29 is 18.7 Å². The molecule has 0 fully saturated rings. The van der Waals surface area contributed by atoms with Gasteiger partial charge in [0.2, 0.25) is 5.91 Å². The number of amides is 2. The monoisotopic (exact) mass is 446 g/mol. The quantitative estimate of drug-likeness (QED) is 0.484. The summed E-state index contributed by atoms with van der Waals surface area (Å²) in [5.41, 5.74) is 1.10. The average Bonchev–Trinajstić information content (AvgIpc) is 3.19. The third kappa shape index (κ3) is 4.73. The first-order chi connectivity index (χ1) is 15.9. The number of hydrogen-bond acceptors (Lipinski definition) is 4. The third-order valence-corrected chi connectivity index (χ3v) is 6.17. The van der Waals surface area contributed by atoms with Crippen LogP contribution in [-0.2, 0) is 11.3 Å². The summed E-state index contributed by atoms with van der Waals surface area (Å²) in [4.78, 5) is 28.7. The van der Waals surface area contributed by atoms with Crippen LogP contribution >= 0.6 is 0 Å². The highest BCUT2D eigenvalue weighted by Gasteiger charge is 2.42. The van der Waals surface area contributed by atoms with Gasteiger partial charge in [0.05, 0.1) is 7.11 Å².